The minimum absolute atomic E-state index is 0. The molecule has 3 aromatic rings. The van der Waals surface area contributed by atoms with Crippen molar-refractivity contribution in [2.24, 2.45) is 5.73 Å². The lowest BCUT2D eigenvalue weighted by atomic mass is 9.95. The van der Waals surface area contributed by atoms with Crippen molar-refractivity contribution in [1.82, 2.24) is 14.5 Å². The van der Waals surface area contributed by atoms with Gasteiger partial charge in [0.25, 0.3) is 5.56 Å². The molecule has 3 N–H and O–H groups in total. The molecule has 2 atom stereocenters. The van der Waals surface area contributed by atoms with Gasteiger partial charge in [-0.3, -0.25) is 19.1 Å². The first-order valence-electron chi connectivity index (χ1n) is 9.35. The van der Waals surface area contributed by atoms with E-state index in [0.29, 0.717) is 24.0 Å². The number of nitrogens with two attached hydrogens (primary N) is 1. The van der Waals surface area contributed by atoms with Crippen LogP contribution >= 0.6 is 12.4 Å². The maximum absolute atomic E-state index is 12.7. The van der Waals surface area contributed by atoms with Crippen molar-refractivity contribution in [3.05, 3.63) is 81.0 Å². The maximum atomic E-state index is 12.7. The Morgan fingerprint density at radius 3 is 2.48 bits per heavy atom. The average Bonchev–Trinajstić information content (AvgIpc) is 3.10. The van der Waals surface area contributed by atoms with Crippen LogP contribution in [0.1, 0.15) is 17.9 Å². The highest BCUT2D eigenvalue weighted by Crippen LogP contribution is 2.26. The molecule has 0 aliphatic carbocycles. The summed E-state index contributed by atoms with van der Waals surface area (Å²) < 4.78 is 1.44. The Bertz CT molecular complexity index is 1130. The Hall–Kier alpha value is -2.90. The van der Waals surface area contributed by atoms with Crippen molar-refractivity contribution >= 4 is 29.2 Å². The van der Waals surface area contributed by atoms with Gasteiger partial charge in [0.2, 0.25) is 5.91 Å². The number of aryl methyl sites for hydroxylation is 1. The lowest BCUT2D eigenvalue weighted by molar-refractivity contribution is -0.130. The zero-order valence-electron chi connectivity index (χ0n) is 15.8. The van der Waals surface area contributed by atoms with Gasteiger partial charge in [-0.05, 0) is 17.7 Å². The summed E-state index contributed by atoms with van der Waals surface area (Å²) in [5.74, 6) is 0.0674. The summed E-state index contributed by atoms with van der Waals surface area (Å²) in [5.41, 5.74) is 7.02. The van der Waals surface area contributed by atoms with Gasteiger partial charge in [0.05, 0.1) is 10.9 Å². The van der Waals surface area contributed by atoms with Crippen LogP contribution < -0.4 is 17.0 Å². The van der Waals surface area contributed by atoms with E-state index in [1.165, 1.54) is 4.57 Å². The Kier molecular flexibility index (Phi) is 6.20. The topological polar surface area (TPSA) is 101 Å². The number of fused-ring (bicyclic) bond motifs is 1. The van der Waals surface area contributed by atoms with Crippen molar-refractivity contribution in [1.29, 1.82) is 0 Å². The minimum atomic E-state index is -0.503. The van der Waals surface area contributed by atoms with Gasteiger partial charge in [0.15, 0.2) is 0 Å². The summed E-state index contributed by atoms with van der Waals surface area (Å²) in [6.07, 6.45) is 0.171. The number of para-hydroxylation sites is 1. The minimum Gasteiger partial charge on any atom is -0.340 e. The van der Waals surface area contributed by atoms with Crippen LogP contribution in [0.4, 0.5) is 0 Å². The largest absolute Gasteiger partial charge is 0.340 e. The fraction of sp³-hybridized carbons (Fsp3) is 0.286. The van der Waals surface area contributed by atoms with Gasteiger partial charge in [-0.15, -0.1) is 12.4 Å². The normalized spacial score (nSPS) is 18.6. The molecule has 4 rings (SSSR count). The molecule has 0 saturated carbocycles. The first kappa shape index (κ1) is 20.8. The summed E-state index contributed by atoms with van der Waals surface area (Å²) in [5, 5.41) is 0.432. The van der Waals surface area contributed by atoms with Crippen molar-refractivity contribution in [2.45, 2.75) is 24.9 Å². The van der Waals surface area contributed by atoms with E-state index in [2.05, 4.69) is 4.98 Å². The Balaban J connectivity index is 0.00000240. The van der Waals surface area contributed by atoms with E-state index in [-0.39, 0.29) is 43.2 Å². The van der Waals surface area contributed by atoms with Gasteiger partial charge < -0.3 is 10.6 Å². The lowest BCUT2D eigenvalue weighted by Gasteiger charge is -2.17. The summed E-state index contributed by atoms with van der Waals surface area (Å²) in [6.45, 7) is 1.28. The third kappa shape index (κ3) is 4.11. The maximum Gasteiger partial charge on any atom is 0.328 e. The highest BCUT2D eigenvalue weighted by Gasteiger charge is 2.33. The molecule has 2 heterocycles. The van der Waals surface area contributed by atoms with Crippen LogP contribution in [0.5, 0.6) is 0 Å². The van der Waals surface area contributed by atoms with Crippen molar-refractivity contribution < 1.29 is 4.79 Å². The predicted molar refractivity (Wildman–Crippen MR) is 114 cm³/mol. The second-order valence-corrected chi connectivity index (χ2v) is 7.16. The number of benzene rings is 2. The first-order valence-corrected chi connectivity index (χ1v) is 9.35. The van der Waals surface area contributed by atoms with Crippen LogP contribution in [0.15, 0.2) is 64.2 Å². The SMILES string of the molecule is Cl.N[C@@H]1CN(C(=O)CCn2c(=O)[nH]c(=O)c3ccccc32)C[C@H]1c1ccccc1. The number of carbonyl (C=O) groups excluding carboxylic acids is 1. The monoisotopic (exact) mass is 414 g/mol. The average molecular weight is 415 g/mol. The second kappa shape index (κ2) is 8.63. The number of amides is 1. The van der Waals surface area contributed by atoms with Crippen LogP contribution in [0.2, 0.25) is 0 Å². The van der Waals surface area contributed by atoms with E-state index >= 15 is 0 Å². The number of carbonyl (C=O) groups is 1. The Morgan fingerprint density at radius 1 is 1.03 bits per heavy atom. The van der Waals surface area contributed by atoms with Gasteiger partial charge in [0, 0.05) is 38.0 Å². The van der Waals surface area contributed by atoms with Gasteiger partial charge in [0.1, 0.15) is 0 Å². The van der Waals surface area contributed by atoms with Crippen LogP contribution in [0, 0.1) is 0 Å². The fourth-order valence-electron chi connectivity index (χ4n) is 3.92. The third-order valence-electron chi connectivity index (χ3n) is 5.40. The van der Waals surface area contributed by atoms with E-state index in [1.54, 1.807) is 29.2 Å². The molecule has 1 saturated heterocycles. The number of H-pyrrole nitrogens is 1. The third-order valence-corrected chi connectivity index (χ3v) is 5.40. The number of hydrogen-bond acceptors (Lipinski definition) is 4. The highest BCUT2D eigenvalue weighted by molar-refractivity contribution is 5.85. The van der Waals surface area contributed by atoms with E-state index in [4.69, 9.17) is 5.73 Å². The fourth-order valence-corrected chi connectivity index (χ4v) is 3.92. The molecule has 1 aliphatic heterocycles. The van der Waals surface area contributed by atoms with Gasteiger partial charge in [-0.25, -0.2) is 4.79 Å². The lowest BCUT2D eigenvalue weighted by Crippen LogP contribution is -2.35. The molecule has 1 amide bonds. The zero-order valence-corrected chi connectivity index (χ0v) is 16.6. The number of rotatable bonds is 4. The molecule has 29 heavy (non-hydrogen) atoms. The Morgan fingerprint density at radius 2 is 1.72 bits per heavy atom. The van der Waals surface area contributed by atoms with Gasteiger partial charge in [-0.1, -0.05) is 42.5 Å². The van der Waals surface area contributed by atoms with Crippen LogP contribution in [-0.4, -0.2) is 39.5 Å². The molecule has 1 fully saturated rings. The molecule has 0 unspecified atom stereocenters. The molecule has 0 spiro atoms. The molecular formula is C21H23ClN4O3. The van der Waals surface area contributed by atoms with Gasteiger partial charge >= 0.3 is 5.69 Å². The number of nitrogens with zero attached hydrogens (tertiary/aromatic N) is 2. The van der Waals surface area contributed by atoms with E-state index in [9.17, 15) is 14.4 Å². The molecule has 0 radical (unpaired) electrons. The molecular weight excluding hydrogens is 392 g/mol. The Labute approximate surface area is 173 Å². The van der Waals surface area contributed by atoms with Crippen molar-refractivity contribution in [3.63, 3.8) is 0 Å². The van der Waals surface area contributed by atoms with Crippen molar-refractivity contribution in [2.75, 3.05) is 13.1 Å². The van der Waals surface area contributed by atoms with Crippen LogP contribution in [0.3, 0.4) is 0 Å². The van der Waals surface area contributed by atoms with Crippen LogP contribution in [-0.2, 0) is 11.3 Å². The first-order chi connectivity index (χ1) is 13.5. The molecule has 2 aromatic carbocycles. The molecule has 152 valence electrons. The molecule has 0 bridgehead atoms. The molecule has 8 heteroatoms. The molecule has 1 aromatic heterocycles. The predicted octanol–water partition coefficient (Wildman–Crippen LogP) is 1.45. The number of nitrogens with one attached hydrogen (secondary N) is 1. The molecule has 7 nitrogen and oxygen atoms in total. The standard InChI is InChI=1S/C21H22N4O3.ClH/c22-17-13-24(12-16(17)14-6-2-1-3-7-14)19(26)10-11-25-18-9-5-4-8-15(18)20(27)23-21(25)28;/h1-9,16-17H,10-13,22H2,(H,23,27,28);1H/t16-,17+;/m0./s1. The number of aromatic amines is 1. The zero-order chi connectivity index (χ0) is 19.7. The van der Waals surface area contributed by atoms with Crippen LogP contribution in [0.25, 0.3) is 10.9 Å². The quantitative estimate of drug-likeness (QED) is 0.674. The highest BCUT2D eigenvalue weighted by atomic mass is 35.5. The van der Waals surface area contributed by atoms with Crippen molar-refractivity contribution in [3.8, 4) is 0 Å². The number of aromatic nitrogens is 2. The number of hydrogen-bond donors (Lipinski definition) is 2. The number of halogens is 1. The summed E-state index contributed by atoms with van der Waals surface area (Å²) >= 11 is 0. The molecule has 1 aliphatic rings. The van der Waals surface area contributed by atoms with E-state index < -0.39 is 11.2 Å². The smallest absolute Gasteiger partial charge is 0.328 e. The van der Waals surface area contributed by atoms with E-state index in [0.717, 1.165) is 5.56 Å². The summed E-state index contributed by atoms with van der Waals surface area (Å²) in [6, 6.07) is 16.7. The number of likely N-dealkylation sites (tertiary alicyclic amines) is 1. The summed E-state index contributed by atoms with van der Waals surface area (Å²) in [7, 11) is 0. The van der Waals surface area contributed by atoms with Gasteiger partial charge in [-0.2, -0.15) is 0 Å². The second-order valence-electron chi connectivity index (χ2n) is 7.16. The summed E-state index contributed by atoms with van der Waals surface area (Å²) in [4.78, 5) is 41.0. The van der Waals surface area contributed by atoms with E-state index in [1.807, 2.05) is 30.3 Å².